The number of piperidine rings is 1. The van der Waals surface area contributed by atoms with Crippen LogP contribution in [0.5, 0.6) is 0 Å². The van der Waals surface area contributed by atoms with Crippen LogP contribution < -0.4 is 5.32 Å². The van der Waals surface area contributed by atoms with E-state index < -0.39 is 0 Å². The molecule has 0 aromatic rings. The van der Waals surface area contributed by atoms with Gasteiger partial charge in [-0.3, -0.25) is 10.1 Å². The smallest absolute Gasteiger partial charge is 0.323 e. The van der Waals surface area contributed by atoms with Gasteiger partial charge in [0.25, 0.3) is 0 Å². The Balaban J connectivity index is 2.35. The zero-order valence-electron chi connectivity index (χ0n) is 7.18. The molecule has 1 rings (SSSR count). The molecule has 0 bridgehead atoms. The van der Waals surface area contributed by atoms with Crippen molar-refractivity contribution >= 4 is 21.9 Å². The summed E-state index contributed by atoms with van der Waals surface area (Å²) in [6.45, 7) is 2.29. The fourth-order valence-electron chi connectivity index (χ4n) is 1.31. The van der Waals surface area contributed by atoms with Crippen molar-refractivity contribution in [3.63, 3.8) is 0 Å². The molecule has 0 aliphatic carbocycles. The molecule has 0 spiro atoms. The lowest BCUT2D eigenvalue weighted by Crippen LogP contribution is -2.44. The molecular formula is C8H14BrNO2. The molecule has 2 atom stereocenters. The van der Waals surface area contributed by atoms with Crippen LogP contribution in [0.4, 0.5) is 0 Å². The Morgan fingerprint density at radius 1 is 1.67 bits per heavy atom. The second-order valence-corrected chi connectivity index (χ2v) is 3.98. The first-order valence-electron chi connectivity index (χ1n) is 4.30. The van der Waals surface area contributed by atoms with Crippen LogP contribution in [0.25, 0.3) is 0 Å². The van der Waals surface area contributed by atoms with Gasteiger partial charge in [0.05, 0.1) is 11.6 Å². The van der Waals surface area contributed by atoms with Crippen LogP contribution in [0.15, 0.2) is 0 Å². The molecule has 2 unspecified atom stereocenters. The van der Waals surface area contributed by atoms with Crippen LogP contribution in [-0.2, 0) is 9.53 Å². The van der Waals surface area contributed by atoms with Gasteiger partial charge in [0.2, 0.25) is 0 Å². The molecule has 3 nitrogen and oxygen atoms in total. The van der Waals surface area contributed by atoms with Crippen molar-refractivity contribution in [2.75, 3.05) is 6.61 Å². The third-order valence-corrected chi connectivity index (χ3v) is 2.63. The van der Waals surface area contributed by atoms with Crippen LogP contribution in [-0.4, -0.2) is 23.6 Å². The average Bonchev–Trinajstić information content (AvgIpc) is 2.05. The van der Waals surface area contributed by atoms with Crippen molar-refractivity contribution in [3.8, 4) is 0 Å². The van der Waals surface area contributed by atoms with Gasteiger partial charge in [-0.1, -0.05) is 15.9 Å². The predicted molar refractivity (Wildman–Crippen MR) is 50.1 cm³/mol. The van der Waals surface area contributed by atoms with E-state index >= 15 is 0 Å². The van der Waals surface area contributed by atoms with Crippen molar-refractivity contribution in [2.24, 2.45) is 0 Å². The molecule has 70 valence electrons. The molecule has 0 saturated carbocycles. The lowest BCUT2D eigenvalue weighted by Gasteiger charge is -2.25. The van der Waals surface area contributed by atoms with Crippen molar-refractivity contribution in [1.82, 2.24) is 5.32 Å². The summed E-state index contributed by atoms with van der Waals surface area (Å²) in [6.07, 6.45) is 3.04. The Bertz CT molecular complexity index is 163. The average molecular weight is 236 g/mol. The first-order valence-corrected chi connectivity index (χ1v) is 5.22. The van der Waals surface area contributed by atoms with Crippen LogP contribution >= 0.6 is 15.9 Å². The van der Waals surface area contributed by atoms with Crippen LogP contribution in [0.2, 0.25) is 0 Å². The summed E-state index contributed by atoms with van der Waals surface area (Å²) in [7, 11) is 0. The van der Waals surface area contributed by atoms with Crippen LogP contribution in [0, 0.1) is 0 Å². The van der Waals surface area contributed by atoms with E-state index in [9.17, 15) is 4.79 Å². The molecule has 0 aromatic heterocycles. The van der Waals surface area contributed by atoms with Crippen LogP contribution in [0.3, 0.4) is 0 Å². The van der Waals surface area contributed by atoms with Gasteiger partial charge in [-0.2, -0.15) is 0 Å². The zero-order valence-corrected chi connectivity index (χ0v) is 8.76. The maximum absolute atomic E-state index is 11.2. The minimum Gasteiger partial charge on any atom is -0.465 e. The molecule has 12 heavy (non-hydrogen) atoms. The molecule has 1 N–H and O–H groups in total. The molecule has 4 heteroatoms. The van der Waals surface area contributed by atoms with E-state index in [0.717, 1.165) is 19.3 Å². The summed E-state index contributed by atoms with van der Waals surface area (Å²) >= 11 is 3.43. The Morgan fingerprint density at radius 3 is 3.00 bits per heavy atom. The minimum absolute atomic E-state index is 0.108. The van der Waals surface area contributed by atoms with Gasteiger partial charge in [-0.25, -0.2) is 0 Å². The van der Waals surface area contributed by atoms with E-state index in [1.165, 1.54) is 0 Å². The summed E-state index contributed by atoms with van der Waals surface area (Å²) in [5.74, 6) is -0.123. The second-order valence-electron chi connectivity index (χ2n) is 2.87. The highest BCUT2D eigenvalue weighted by Gasteiger charge is 2.25. The number of carbonyl (C=O) groups is 1. The summed E-state index contributed by atoms with van der Waals surface area (Å²) in [5, 5.41) is 3.14. The van der Waals surface area contributed by atoms with Crippen molar-refractivity contribution < 1.29 is 9.53 Å². The summed E-state index contributed by atoms with van der Waals surface area (Å²) in [4.78, 5) is 11.5. The fourth-order valence-corrected chi connectivity index (χ4v) is 1.96. The lowest BCUT2D eigenvalue weighted by molar-refractivity contribution is -0.146. The Labute approximate surface area is 81.0 Å². The highest BCUT2D eigenvalue weighted by Crippen LogP contribution is 2.17. The number of halogens is 1. The van der Waals surface area contributed by atoms with Gasteiger partial charge >= 0.3 is 5.97 Å². The molecule has 1 fully saturated rings. The maximum atomic E-state index is 11.2. The summed E-state index contributed by atoms with van der Waals surface area (Å²) < 4.78 is 4.91. The van der Waals surface area contributed by atoms with Crippen molar-refractivity contribution in [1.29, 1.82) is 0 Å². The fraction of sp³-hybridized carbons (Fsp3) is 0.875. The van der Waals surface area contributed by atoms with Gasteiger partial charge in [-0.15, -0.1) is 0 Å². The van der Waals surface area contributed by atoms with Crippen molar-refractivity contribution in [2.45, 2.75) is 37.2 Å². The number of rotatable bonds is 2. The Hall–Kier alpha value is -0.0900. The molecule has 1 aliphatic heterocycles. The predicted octanol–water partition coefficient (Wildman–Crippen LogP) is 1.41. The third-order valence-electron chi connectivity index (χ3n) is 1.90. The highest BCUT2D eigenvalue weighted by atomic mass is 79.9. The Kier molecular flexibility index (Phi) is 4.01. The van der Waals surface area contributed by atoms with E-state index in [0.29, 0.717) is 6.61 Å². The molecule has 1 heterocycles. The quantitative estimate of drug-likeness (QED) is 0.447. The summed E-state index contributed by atoms with van der Waals surface area (Å²) in [6, 6.07) is -0.108. The van der Waals surface area contributed by atoms with Gasteiger partial charge in [0.1, 0.15) is 6.04 Å². The molecule has 1 aliphatic rings. The standard InChI is InChI=1S/C8H14BrNO2/c1-2-12-8(11)6-4-3-5-7(9)10-6/h6-7,10H,2-5H2,1H3. The largest absolute Gasteiger partial charge is 0.465 e. The lowest BCUT2D eigenvalue weighted by atomic mass is 10.1. The molecule has 0 radical (unpaired) electrons. The zero-order chi connectivity index (χ0) is 8.97. The topological polar surface area (TPSA) is 38.3 Å². The summed E-state index contributed by atoms with van der Waals surface area (Å²) in [5.41, 5.74) is 0. The van der Waals surface area contributed by atoms with E-state index in [2.05, 4.69) is 21.2 Å². The van der Waals surface area contributed by atoms with Gasteiger partial charge < -0.3 is 4.74 Å². The van der Waals surface area contributed by atoms with E-state index in [1.807, 2.05) is 6.92 Å². The number of hydrogen-bond acceptors (Lipinski definition) is 3. The number of alkyl halides is 1. The highest BCUT2D eigenvalue weighted by molar-refractivity contribution is 9.09. The monoisotopic (exact) mass is 235 g/mol. The number of ether oxygens (including phenoxy) is 1. The second kappa shape index (κ2) is 4.82. The molecule has 0 aromatic carbocycles. The number of carbonyl (C=O) groups excluding carboxylic acids is 1. The van der Waals surface area contributed by atoms with Gasteiger partial charge in [0, 0.05) is 0 Å². The molecule has 1 saturated heterocycles. The third kappa shape index (κ3) is 2.75. The molecular weight excluding hydrogens is 222 g/mol. The SMILES string of the molecule is CCOC(=O)C1CCCC(Br)N1. The van der Waals surface area contributed by atoms with E-state index in [1.54, 1.807) is 0 Å². The van der Waals surface area contributed by atoms with Gasteiger partial charge in [-0.05, 0) is 26.2 Å². The first-order chi connectivity index (χ1) is 5.74. The minimum atomic E-state index is -0.123. The number of nitrogens with one attached hydrogen (secondary N) is 1. The van der Waals surface area contributed by atoms with Crippen molar-refractivity contribution in [3.05, 3.63) is 0 Å². The normalized spacial score (nSPS) is 29.8. The first kappa shape index (κ1) is 9.99. The van der Waals surface area contributed by atoms with Gasteiger partial charge in [0.15, 0.2) is 0 Å². The maximum Gasteiger partial charge on any atom is 0.323 e. The number of esters is 1. The van der Waals surface area contributed by atoms with Crippen LogP contribution in [0.1, 0.15) is 26.2 Å². The van der Waals surface area contributed by atoms with E-state index in [4.69, 9.17) is 4.74 Å². The van der Waals surface area contributed by atoms with E-state index in [-0.39, 0.29) is 17.0 Å². The number of hydrogen-bond donors (Lipinski definition) is 1. The molecule has 0 amide bonds. The Morgan fingerprint density at radius 2 is 2.42 bits per heavy atom.